The van der Waals surface area contributed by atoms with Gasteiger partial charge in [0.05, 0.1) is 26.4 Å². The minimum atomic E-state index is -1.06. The van der Waals surface area contributed by atoms with Crippen LogP contribution in [0.15, 0.2) is 30.3 Å². The summed E-state index contributed by atoms with van der Waals surface area (Å²) in [6.07, 6.45) is 1.90. The molecule has 1 atom stereocenters. The third-order valence-corrected chi connectivity index (χ3v) is 5.74. The number of methoxy groups -OCH3 is 1. The number of hydrogen-bond donors (Lipinski definition) is 2. The van der Waals surface area contributed by atoms with Crippen molar-refractivity contribution < 1.29 is 32.9 Å². The minimum absolute atomic E-state index is 0.191. The normalized spacial score (nSPS) is 19.7. The molecule has 1 saturated heterocycles. The molecule has 1 spiro atoms. The lowest BCUT2D eigenvalue weighted by Crippen LogP contribution is -2.48. The van der Waals surface area contributed by atoms with E-state index >= 15 is 0 Å². The van der Waals surface area contributed by atoms with Gasteiger partial charge in [0.25, 0.3) is 0 Å². The van der Waals surface area contributed by atoms with Crippen molar-refractivity contribution in [3.63, 3.8) is 0 Å². The first kappa shape index (κ1) is 20.6. The molecule has 2 N–H and O–H groups in total. The van der Waals surface area contributed by atoms with Gasteiger partial charge in [-0.3, -0.25) is 4.79 Å². The highest BCUT2D eigenvalue weighted by Gasteiger charge is 2.43. The molecule has 2 aromatic carbocycles. The zero-order chi connectivity index (χ0) is 21.3. The molecule has 2 aliphatic heterocycles. The molecule has 2 aliphatic rings. The topological polar surface area (TPSA) is 77.0 Å². The molecule has 0 aromatic heterocycles. The van der Waals surface area contributed by atoms with Gasteiger partial charge in [-0.05, 0) is 29.8 Å². The summed E-state index contributed by atoms with van der Waals surface area (Å²) in [5.41, 5.74) is 1.23. The van der Waals surface area contributed by atoms with Crippen molar-refractivity contribution in [3.05, 3.63) is 47.5 Å². The molecule has 2 aromatic rings. The second kappa shape index (κ2) is 8.20. The van der Waals surface area contributed by atoms with Crippen LogP contribution in [-0.4, -0.2) is 43.5 Å². The average Bonchev–Trinajstić information content (AvgIpc) is 2.75. The Hall–Kier alpha value is -2.71. The van der Waals surface area contributed by atoms with E-state index in [9.17, 15) is 18.7 Å². The Labute approximate surface area is 172 Å². The number of carbonyl (C=O) groups excluding carboxylic acids is 1. The van der Waals surface area contributed by atoms with Crippen molar-refractivity contribution >= 4 is 5.91 Å². The molecule has 0 radical (unpaired) electrons. The van der Waals surface area contributed by atoms with Crippen LogP contribution in [0.3, 0.4) is 0 Å². The first-order valence-electron chi connectivity index (χ1n) is 9.79. The number of aliphatic hydroxyl groups is 1. The molecular formula is C22H23F2NO5. The summed E-state index contributed by atoms with van der Waals surface area (Å²) in [4.78, 5) is 12.0. The third-order valence-electron chi connectivity index (χ3n) is 5.74. The number of ether oxygens (including phenoxy) is 3. The Balaban J connectivity index is 1.77. The van der Waals surface area contributed by atoms with Gasteiger partial charge in [-0.15, -0.1) is 0 Å². The van der Waals surface area contributed by atoms with E-state index in [-0.39, 0.29) is 5.75 Å². The molecule has 1 unspecified atom stereocenters. The van der Waals surface area contributed by atoms with Crippen molar-refractivity contribution in [2.24, 2.45) is 0 Å². The number of fused-ring (bicyclic) bond motifs is 1. The van der Waals surface area contributed by atoms with E-state index in [0.29, 0.717) is 54.9 Å². The number of halogens is 2. The highest BCUT2D eigenvalue weighted by molar-refractivity contribution is 5.78. The minimum Gasteiger partial charge on any atom is -0.493 e. The summed E-state index contributed by atoms with van der Waals surface area (Å²) < 4.78 is 44.7. The Bertz CT molecular complexity index is 959. The van der Waals surface area contributed by atoms with E-state index in [2.05, 4.69) is 5.32 Å². The fraction of sp³-hybridized carbons (Fsp3) is 0.409. The van der Waals surface area contributed by atoms with Gasteiger partial charge in [-0.1, -0.05) is 6.07 Å². The van der Waals surface area contributed by atoms with Crippen LogP contribution < -0.4 is 14.8 Å². The van der Waals surface area contributed by atoms with E-state index in [1.165, 1.54) is 13.2 Å². The molecule has 160 valence electrons. The number of rotatable bonds is 4. The first-order chi connectivity index (χ1) is 14.5. The van der Waals surface area contributed by atoms with Gasteiger partial charge in [0.2, 0.25) is 11.7 Å². The lowest BCUT2D eigenvalue weighted by atomic mass is 9.81. The van der Waals surface area contributed by atoms with Crippen LogP contribution >= 0.6 is 0 Å². The van der Waals surface area contributed by atoms with Crippen LogP contribution in [0.5, 0.6) is 11.5 Å². The average molecular weight is 419 g/mol. The molecule has 30 heavy (non-hydrogen) atoms. The Kier molecular flexibility index (Phi) is 5.62. The number of amides is 1. The van der Waals surface area contributed by atoms with Crippen LogP contribution in [-0.2, 0) is 9.53 Å². The van der Waals surface area contributed by atoms with Crippen LogP contribution in [0.4, 0.5) is 8.78 Å². The zero-order valence-electron chi connectivity index (χ0n) is 16.5. The van der Waals surface area contributed by atoms with Gasteiger partial charge < -0.3 is 24.6 Å². The predicted octanol–water partition coefficient (Wildman–Crippen LogP) is 3.12. The maximum absolute atomic E-state index is 14.2. The summed E-state index contributed by atoms with van der Waals surface area (Å²) in [7, 11) is 1.28. The van der Waals surface area contributed by atoms with Gasteiger partial charge >= 0.3 is 0 Å². The monoisotopic (exact) mass is 419 g/mol. The smallest absolute Gasteiger partial charge is 0.246 e. The van der Waals surface area contributed by atoms with Gasteiger partial charge in [0.15, 0.2) is 11.6 Å². The van der Waals surface area contributed by atoms with E-state index in [4.69, 9.17) is 14.2 Å². The standard InChI is InChI=1S/C22H23F2NO5/c1-28-21-14(3-4-16(23)20(21)24)13-2-5-18-15(10-13)17(25-19(27)12-26)11-22(30-18)6-8-29-9-7-22/h2-5,10,17,26H,6-9,11-12H2,1H3,(H,25,27). The number of nitrogens with one attached hydrogen (secondary N) is 1. The SMILES string of the molecule is COc1c(-c2ccc3c(c2)C(NC(=O)CO)CC2(CCOCC2)O3)ccc(F)c1F. The van der Waals surface area contributed by atoms with Crippen molar-refractivity contribution in [2.75, 3.05) is 26.9 Å². The number of carbonyl (C=O) groups is 1. The molecule has 1 amide bonds. The maximum atomic E-state index is 14.2. The molecule has 0 saturated carbocycles. The van der Waals surface area contributed by atoms with Crippen molar-refractivity contribution in [1.82, 2.24) is 5.32 Å². The molecule has 6 nitrogen and oxygen atoms in total. The Morgan fingerprint density at radius 2 is 2.03 bits per heavy atom. The Morgan fingerprint density at radius 1 is 1.27 bits per heavy atom. The fourth-order valence-corrected chi connectivity index (χ4v) is 4.22. The van der Waals surface area contributed by atoms with E-state index in [1.54, 1.807) is 18.2 Å². The summed E-state index contributed by atoms with van der Waals surface area (Å²) in [5, 5.41) is 12.1. The van der Waals surface area contributed by atoms with Gasteiger partial charge in [-0.2, -0.15) is 4.39 Å². The van der Waals surface area contributed by atoms with Crippen LogP contribution in [0.1, 0.15) is 30.9 Å². The van der Waals surface area contributed by atoms with Crippen LogP contribution in [0.25, 0.3) is 11.1 Å². The largest absolute Gasteiger partial charge is 0.493 e. The summed E-state index contributed by atoms with van der Waals surface area (Å²) in [6.45, 7) is 0.514. The predicted molar refractivity (Wildman–Crippen MR) is 104 cm³/mol. The molecule has 1 fully saturated rings. The molecule has 0 aliphatic carbocycles. The molecular weight excluding hydrogens is 396 g/mol. The van der Waals surface area contributed by atoms with Crippen molar-refractivity contribution in [1.29, 1.82) is 0 Å². The van der Waals surface area contributed by atoms with E-state index in [0.717, 1.165) is 6.07 Å². The fourth-order valence-electron chi connectivity index (χ4n) is 4.22. The first-order valence-corrected chi connectivity index (χ1v) is 9.79. The summed E-state index contributed by atoms with van der Waals surface area (Å²) in [5.74, 6) is -2.13. The van der Waals surface area contributed by atoms with E-state index in [1.807, 2.05) is 0 Å². The number of hydrogen-bond acceptors (Lipinski definition) is 5. The second-order valence-electron chi connectivity index (χ2n) is 7.57. The van der Waals surface area contributed by atoms with Crippen molar-refractivity contribution in [2.45, 2.75) is 30.9 Å². The van der Waals surface area contributed by atoms with Crippen molar-refractivity contribution in [3.8, 4) is 22.6 Å². The molecule has 0 bridgehead atoms. The highest BCUT2D eigenvalue weighted by atomic mass is 19.2. The number of aliphatic hydroxyl groups excluding tert-OH is 1. The van der Waals surface area contributed by atoms with Gasteiger partial charge in [-0.25, -0.2) is 4.39 Å². The van der Waals surface area contributed by atoms with Crippen LogP contribution in [0.2, 0.25) is 0 Å². The maximum Gasteiger partial charge on any atom is 0.246 e. The van der Waals surface area contributed by atoms with Gasteiger partial charge in [0, 0.05) is 30.4 Å². The lowest BCUT2D eigenvalue weighted by Gasteiger charge is -2.44. The van der Waals surface area contributed by atoms with Gasteiger partial charge in [0.1, 0.15) is 18.0 Å². The van der Waals surface area contributed by atoms with Crippen LogP contribution in [0, 0.1) is 11.6 Å². The summed E-state index contributed by atoms with van der Waals surface area (Å²) in [6, 6.07) is 7.38. The lowest BCUT2D eigenvalue weighted by molar-refractivity contribution is -0.125. The molecule has 4 rings (SSSR count). The highest BCUT2D eigenvalue weighted by Crippen LogP contribution is 2.46. The second-order valence-corrected chi connectivity index (χ2v) is 7.57. The quantitative estimate of drug-likeness (QED) is 0.797. The molecule has 8 heteroatoms. The zero-order valence-corrected chi connectivity index (χ0v) is 16.5. The molecule has 2 heterocycles. The Morgan fingerprint density at radius 3 is 2.73 bits per heavy atom. The summed E-state index contributed by atoms with van der Waals surface area (Å²) >= 11 is 0. The van der Waals surface area contributed by atoms with E-state index < -0.39 is 35.8 Å². The third kappa shape index (κ3) is 3.73. The number of benzene rings is 2.